The van der Waals surface area contributed by atoms with Crippen LogP contribution in [0.3, 0.4) is 0 Å². The predicted octanol–water partition coefficient (Wildman–Crippen LogP) is 6.78. The number of nitrogens with two attached hydrogens (primary N) is 1. The predicted molar refractivity (Wildman–Crippen MR) is 139 cm³/mol. The van der Waals surface area contributed by atoms with Crippen molar-refractivity contribution in [2.24, 2.45) is 0 Å². The molecule has 0 saturated heterocycles. The molecule has 4 aromatic carbocycles. The van der Waals surface area contributed by atoms with Gasteiger partial charge in [0, 0.05) is 17.7 Å². The van der Waals surface area contributed by atoms with E-state index in [0.717, 1.165) is 17.7 Å². The highest BCUT2D eigenvalue weighted by molar-refractivity contribution is 6.09. The molecule has 0 heterocycles. The minimum atomic E-state index is -4.58. The fourth-order valence-electron chi connectivity index (χ4n) is 3.81. The molecular weight excluding hydrogens is 479 g/mol. The lowest BCUT2D eigenvalue weighted by Gasteiger charge is -2.14. The van der Waals surface area contributed by atoms with Gasteiger partial charge in [-0.2, -0.15) is 13.2 Å². The number of carbonyl (C=O) groups is 2. The Balaban J connectivity index is 1.44. The molecule has 0 aromatic heterocycles. The van der Waals surface area contributed by atoms with Crippen molar-refractivity contribution in [3.8, 4) is 11.1 Å². The number of alkyl halides is 3. The summed E-state index contributed by atoms with van der Waals surface area (Å²) < 4.78 is 40.0. The van der Waals surface area contributed by atoms with Crippen LogP contribution < -0.4 is 16.4 Å². The molecule has 4 aromatic rings. The number of para-hydroxylation sites is 2. The summed E-state index contributed by atoms with van der Waals surface area (Å²) in [6, 6.07) is 25.7. The van der Waals surface area contributed by atoms with Crippen LogP contribution in [0, 0.1) is 0 Å². The summed E-state index contributed by atoms with van der Waals surface area (Å²) in [6.07, 6.45) is -3.90. The van der Waals surface area contributed by atoms with Crippen LogP contribution in [0.2, 0.25) is 0 Å². The van der Waals surface area contributed by atoms with Crippen molar-refractivity contribution in [1.82, 2.24) is 0 Å². The number of amides is 2. The molecular formula is C29H24F3N3O2. The van der Waals surface area contributed by atoms with Gasteiger partial charge in [0.2, 0.25) is 5.91 Å². The highest BCUT2D eigenvalue weighted by Gasteiger charge is 2.32. The Hall–Kier alpha value is -4.59. The van der Waals surface area contributed by atoms with Crippen LogP contribution in [-0.2, 0) is 17.4 Å². The van der Waals surface area contributed by atoms with E-state index in [2.05, 4.69) is 10.6 Å². The summed E-state index contributed by atoms with van der Waals surface area (Å²) in [4.78, 5) is 25.3. The Morgan fingerprint density at radius 1 is 0.784 bits per heavy atom. The summed E-state index contributed by atoms with van der Waals surface area (Å²) in [5, 5.41) is 5.45. The molecule has 2 amide bonds. The number of aryl methyl sites for hydroxylation is 1. The number of nitrogen functional groups attached to an aromatic ring is 1. The van der Waals surface area contributed by atoms with Crippen molar-refractivity contribution in [3.63, 3.8) is 0 Å². The Bertz CT molecular complexity index is 1400. The first-order valence-corrected chi connectivity index (χ1v) is 11.5. The maximum absolute atomic E-state index is 13.3. The van der Waals surface area contributed by atoms with Crippen LogP contribution in [-0.4, -0.2) is 11.8 Å². The van der Waals surface area contributed by atoms with Crippen LogP contribution in [0.4, 0.5) is 30.2 Å². The fraction of sp³-hybridized carbons (Fsp3) is 0.103. The molecule has 0 fully saturated rings. The smallest absolute Gasteiger partial charge is 0.397 e. The monoisotopic (exact) mass is 503 g/mol. The van der Waals surface area contributed by atoms with E-state index in [1.165, 1.54) is 6.07 Å². The van der Waals surface area contributed by atoms with Crippen molar-refractivity contribution in [1.29, 1.82) is 0 Å². The van der Waals surface area contributed by atoms with Gasteiger partial charge in [0.1, 0.15) is 0 Å². The number of hydrogen-bond acceptors (Lipinski definition) is 3. The van der Waals surface area contributed by atoms with Crippen LogP contribution in [0.25, 0.3) is 11.1 Å². The molecule has 0 aliphatic carbocycles. The summed E-state index contributed by atoms with van der Waals surface area (Å²) in [5.74, 6) is -0.842. The second kappa shape index (κ2) is 11.0. The van der Waals surface area contributed by atoms with Crippen LogP contribution in [0.5, 0.6) is 0 Å². The average Bonchev–Trinajstić information content (AvgIpc) is 2.89. The molecule has 0 radical (unpaired) electrons. The van der Waals surface area contributed by atoms with Crippen molar-refractivity contribution >= 4 is 28.9 Å². The lowest BCUT2D eigenvalue weighted by molar-refractivity contribution is -0.137. The Labute approximate surface area is 212 Å². The molecule has 188 valence electrons. The number of benzene rings is 4. The summed E-state index contributed by atoms with van der Waals surface area (Å²) >= 11 is 0. The van der Waals surface area contributed by atoms with E-state index < -0.39 is 17.6 Å². The van der Waals surface area contributed by atoms with Crippen molar-refractivity contribution < 1.29 is 22.8 Å². The zero-order valence-corrected chi connectivity index (χ0v) is 19.7. The lowest BCUT2D eigenvalue weighted by atomic mass is 9.96. The molecule has 0 spiro atoms. The van der Waals surface area contributed by atoms with Gasteiger partial charge in [-0.05, 0) is 59.5 Å². The number of hydrogen-bond donors (Lipinski definition) is 3. The maximum atomic E-state index is 13.3. The first kappa shape index (κ1) is 25.5. The summed E-state index contributed by atoms with van der Waals surface area (Å²) in [6.45, 7) is 0. The Morgan fingerprint density at radius 3 is 2.14 bits per heavy atom. The molecule has 0 saturated carbocycles. The maximum Gasteiger partial charge on any atom is 0.416 e. The quantitative estimate of drug-likeness (QED) is 0.243. The van der Waals surface area contributed by atoms with Gasteiger partial charge in [-0.1, -0.05) is 60.7 Å². The van der Waals surface area contributed by atoms with Crippen LogP contribution >= 0.6 is 0 Å². The van der Waals surface area contributed by atoms with Crippen molar-refractivity contribution in [2.45, 2.75) is 19.0 Å². The lowest BCUT2D eigenvalue weighted by Crippen LogP contribution is -2.15. The SMILES string of the molecule is Nc1ccccc1NC(=O)CCc1ccc(NC(=O)c2cc(C(F)(F)F)ccc2-c2ccccc2)cc1. The number of carbonyl (C=O) groups excluding carboxylic acids is 2. The zero-order valence-electron chi connectivity index (χ0n) is 19.7. The number of halogens is 3. The minimum absolute atomic E-state index is 0.0815. The third kappa shape index (κ3) is 6.55. The molecule has 4 rings (SSSR count). The molecule has 0 aliphatic heterocycles. The highest BCUT2D eigenvalue weighted by atomic mass is 19.4. The van der Waals surface area contributed by atoms with Crippen LogP contribution in [0.1, 0.15) is 27.9 Å². The Kier molecular flexibility index (Phi) is 7.57. The molecule has 37 heavy (non-hydrogen) atoms. The van der Waals surface area contributed by atoms with E-state index >= 15 is 0 Å². The number of nitrogens with one attached hydrogen (secondary N) is 2. The molecule has 0 atom stereocenters. The number of rotatable bonds is 7. The van der Waals surface area contributed by atoms with Gasteiger partial charge < -0.3 is 16.4 Å². The number of anilines is 3. The third-order valence-electron chi connectivity index (χ3n) is 5.76. The average molecular weight is 504 g/mol. The Morgan fingerprint density at radius 2 is 1.46 bits per heavy atom. The topological polar surface area (TPSA) is 84.2 Å². The highest BCUT2D eigenvalue weighted by Crippen LogP contribution is 2.34. The van der Waals surface area contributed by atoms with Gasteiger partial charge >= 0.3 is 6.18 Å². The molecule has 5 nitrogen and oxygen atoms in total. The van der Waals surface area contributed by atoms with Crippen molar-refractivity contribution in [3.05, 3.63) is 114 Å². The van der Waals surface area contributed by atoms with E-state index in [1.807, 2.05) is 0 Å². The molecule has 0 bridgehead atoms. The van der Waals surface area contributed by atoms with Gasteiger partial charge in [-0.15, -0.1) is 0 Å². The van der Waals surface area contributed by atoms with Gasteiger partial charge in [0.25, 0.3) is 5.91 Å². The van der Waals surface area contributed by atoms with Gasteiger partial charge in [-0.25, -0.2) is 0 Å². The molecule has 8 heteroatoms. The zero-order chi connectivity index (χ0) is 26.4. The summed E-state index contributed by atoms with van der Waals surface area (Å²) in [7, 11) is 0. The molecule has 0 aliphatic rings. The van der Waals surface area contributed by atoms with E-state index in [9.17, 15) is 22.8 Å². The minimum Gasteiger partial charge on any atom is -0.397 e. The van der Waals surface area contributed by atoms with Crippen molar-refractivity contribution in [2.75, 3.05) is 16.4 Å². The normalized spacial score (nSPS) is 11.1. The van der Waals surface area contributed by atoms with Crippen LogP contribution in [0.15, 0.2) is 97.1 Å². The fourth-order valence-corrected chi connectivity index (χ4v) is 3.81. The second-order valence-corrected chi connectivity index (χ2v) is 8.41. The molecule has 0 unspecified atom stereocenters. The standard InChI is InChI=1S/C29H24F3N3O2/c30-29(31,32)21-13-16-23(20-6-2-1-3-7-20)24(18-21)28(37)34-22-14-10-19(11-15-22)12-17-27(36)35-26-9-5-4-8-25(26)33/h1-11,13-16,18H,12,17,33H2,(H,34,37)(H,35,36). The third-order valence-corrected chi connectivity index (χ3v) is 5.76. The van der Waals surface area contributed by atoms with Gasteiger partial charge in [-0.3, -0.25) is 9.59 Å². The first-order valence-electron chi connectivity index (χ1n) is 11.5. The van der Waals surface area contributed by atoms with Gasteiger partial charge in [0.05, 0.1) is 16.9 Å². The first-order chi connectivity index (χ1) is 17.7. The largest absolute Gasteiger partial charge is 0.416 e. The second-order valence-electron chi connectivity index (χ2n) is 8.41. The molecule has 4 N–H and O–H groups in total. The van der Waals surface area contributed by atoms with E-state index in [1.54, 1.807) is 78.9 Å². The van der Waals surface area contributed by atoms with E-state index in [-0.39, 0.29) is 17.9 Å². The van der Waals surface area contributed by atoms with Gasteiger partial charge in [0.15, 0.2) is 0 Å². The van der Waals surface area contributed by atoms with E-state index in [0.29, 0.717) is 34.6 Å². The summed E-state index contributed by atoms with van der Waals surface area (Å²) in [5.41, 5.74) is 8.20. The van der Waals surface area contributed by atoms with E-state index in [4.69, 9.17) is 5.73 Å².